The molecule has 1 aliphatic heterocycles. The zero-order valence-electron chi connectivity index (χ0n) is 15.6. The molecule has 3 heteroatoms. The summed E-state index contributed by atoms with van der Waals surface area (Å²) in [5.74, 6) is 0.102. The molecular formula is C23H25NO2. The van der Waals surface area contributed by atoms with Crippen molar-refractivity contribution >= 4 is 11.7 Å². The molecule has 0 fully saturated rings. The fourth-order valence-electron chi connectivity index (χ4n) is 4.25. The number of hydrogen-bond acceptors (Lipinski definition) is 3. The summed E-state index contributed by atoms with van der Waals surface area (Å²) in [7, 11) is 0. The standard InChI is InChI=1S/C23H25NO2/c1-23(2,3)26-22(25)21-19(16-10-5-4-6-11-16)18-14-13-15-9-7-8-12-17(15)20(18)24-21/h4-12,18-19,21H,13-14H2,1-3H3/t18-,19-,21-/m1/s1. The summed E-state index contributed by atoms with van der Waals surface area (Å²) in [6, 6.07) is 18.3. The van der Waals surface area contributed by atoms with Gasteiger partial charge in [0.2, 0.25) is 0 Å². The Morgan fingerprint density at radius 2 is 1.73 bits per heavy atom. The van der Waals surface area contributed by atoms with Gasteiger partial charge in [0, 0.05) is 17.5 Å². The Labute approximate surface area is 155 Å². The fraction of sp³-hybridized carbons (Fsp3) is 0.391. The lowest BCUT2D eigenvalue weighted by Gasteiger charge is -2.29. The third kappa shape index (κ3) is 3.07. The molecule has 3 atom stereocenters. The first-order valence-corrected chi connectivity index (χ1v) is 9.38. The highest BCUT2D eigenvalue weighted by Gasteiger charge is 2.46. The Morgan fingerprint density at radius 3 is 2.46 bits per heavy atom. The molecule has 2 aromatic carbocycles. The molecule has 1 aliphatic carbocycles. The molecule has 0 bridgehead atoms. The molecule has 2 aromatic rings. The van der Waals surface area contributed by atoms with Gasteiger partial charge in [0.05, 0.1) is 0 Å². The number of fused-ring (bicyclic) bond motifs is 3. The first-order valence-electron chi connectivity index (χ1n) is 9.38. The monoisotopic (exact) mass is 347 g/mol. The molecule has 3 nitrogen and oxygen atoms in total. The van der Waals surface area contributed by atoms with Gasteiger partial charge in [-0.1, -0.05) is 54.6 Å². The third-order valence-corrected chi connectivity index (χ3v) is 5.25. The van der Waals surface area contributed by atoms with Gasteiger partial charge < -0.3 is 4.74 Å². The van der Waals surface area contributed by atoms with Crippen LogP contribution in [0.5, 0.6) is 0 Å². The van der Waals surface area contributed by atoms with Crippen LogP contribution in [0, 0.1) is 5.92 Å². The van der Waals surface area contributed by atoms with Gasteiger partial charge in [0.1, 0.15) is 5.60 Å². The number of carbonyl (C=O) groups excluding carboxylic acids is 1. The highest BCUT2D eigenvalue weighted by molar-refractivity contribution is 6.08. The van der Waals surface area contributed by atoms with E-state index in [4.69, 9.17) is 9.73 Å². The summed E-state index contributed by atoms with van der Waals surface area (Å²) in [6.45, 7) is 5.73. The van der Waals surface area contributed by atoms with Crippen LogP contribution in [0.3, 0.4) is 0 Å². The van der Waals surface area contributed by atoms with E-state index >= 15 is 0 Å². The minimum absolute atomic E-state index is 0.0504. The molecule has 4 rings (SSSR count). The van der Waals surface area contributed by atoms with E-state index in [1.165, 1.54) is 16.7 Å². The van der Waals surface area contributed by atoms with E-state index in [1.807, 2.05) is 39.0 Å². The molecule has 0 unspecified atom stereocenters. The summed E-state index contributed by atoms with van der Waals surface area (Å²) in [5, 5.41) is 0. The molecule has 0 saturated carbocycles. The van der Waals surface area contributed by atoms with Crippen LogP contribution in [0.1, 0.15) is 49.8 Å². The van der Waals surface area contributed by atoms with Crippen molar-refractivity contribution in [2.24, 2.45) is 10.9 Å². The Morgan fingerprint density at radius 1 is 1.04 bits per heavy atom. The first kappa shape index (κ1) is 17.0. The highest BCUT2D eigenvalue weighted by atomic mass is 16.6. The van der Waals surface area contributed by atoms with Crippen LogP contribution < -0.4 is 0 Å². The summed E-state index contributed by atoms with van der Waals surface area (Å²) in [6.07, 6.45) is 2.05. The molecule has 0 N–H and O–H groups in total. The lowest BCUT2D eigenvalue weighted by atomic mass is 9.73. The summed E-state index contributed by atoms with van der Waals surface area (Å²) in [4.78, 5) is 17.9. The van der Waals surface area contributed by atoms with Gasteiger partial charge in [-0.2, -0.15) is 0 Å². The number of hydrogen-bond donors (Lipinski definition) is 0. The molecule has 1 heterocycles. The summed E-state index contributed by atoms with van der Waals surface area (Å²) >= 11 is 0. The van der Waals surface area contributed by atoms with Crippen LogP contribution in [0.15, 0.2) is 59.6 Å². The third-order valence-electron chi connectivity index (χ3n) is 5.25. The van der Waals surface area contributed by atoms with Crippen molar-refractivity contribution in [1.82, 2.24) is 0 Å². The van der Waals surface area contributed by atoms with E-state index < -0.39 is 11.6 Å². The Bertz CT molecular complexity index is 848. The average Bonchev–Trinajstić information content (AvgIpc) is 3.01. The number of nitrogens with zero attached hydrogens (tertiary/aromatic N) is 1. The van der Waals surface area contributed by atoms with Gasteiger partial charge in [-0.25, -0.2) is 4.79 Å². The average molecular weight is 347 g/mol. The number of esters is 1. The van der Waals surface area contributed by atoms with Crippen LogP contribution in [0.25, 0.3) is 0 Å². The molecule has 26 heavy (non-hydrogen) atoms. The second kappa shape index (κ2) is 6.39. The Kier molecular flexibility index (Phi) is 4.18. The lowest BCUT2D eigenvalue weighted by Crippen LogP contribution is -2.35. The van der Waals surface area contributed by atoms with E-state index in [9.17, 15) is 4.79 Å². The zero-order valence-corrected chi connectivity index (χ0v) is 15.6. The van der Waals surface area contributed by atoms with Crippen LogP contribution >= 0.6 is 0 Å². The molecular weight excluding hydrogens is 322 g/mol. The normalized spacial score (nSPS) is 24.4. The lowest BCUT2D eigenvalue weighted by molar-refractivity contribution is -0.156. The van der Waals surface area contributed by atoms with Crippen molar-refractivity contribution in [3.63, 3.8) is 0 Å². The van der Waals surface area contributed by atoms with Crippen LogP contribution in [0.4, 0.5) is 0 Å². The minimum atomic E-state index is -0.510. The predicted molar refractivity (Wildman–Crippen MR) is 104 cm³/mol. The summed E-state index contributed by atoms with van der Waals surface area (Å²) in [5.41, 5.74) is 4.28. The van der Waals surface area contributed by atoms with E-state index in [1.54, 1.807) is 0 Å². The van der Waals surface area contributed by atoms with Crippen molar-refractivity contribution in [3.05, 3.63) is 71.3 Å². The van der Waals surface area contributed by atoms with Crippen molar-refractivity contribution in [1.29, 1.82) is 0 Å². The number of aryl methyl sites for hydroxylation is 1. The predicted octanol–water partition coefficient (Wildman–Crippen LogP) is 4.55. The van der Waals surface area contributed by atoms with Crippen LogP contribution in [0.2, 0.25) is 0 Å². The highest BCUT2D eigenvalue weighted by Crippen LogP contribution is 2.44. The molecule has 134 valence electrons. The summed E-state index contributed by atoms with van der Waals surface area (Å²) < 4.78 is 5.72. The number of rotatable bonds is 2. The topological polar surface area (TPSA) is 38.7 Å². The number of ether oxygens (including phenoxy) is 1. The van der Waals surface area contributed by atoms with Crippen molar-refractivity contribution in [2.45, 2.75) is 51.2 Å². The van der Waals surface area contributed by atoms with E-state index in [0.717, 1.165) is 18.6 Å². The number of carbonyl (C=O) groups is 1. The quantitative estimate of drug-likeness (QED) is 0.748. The molecule has 0 amide bonds. The second-order valence-electron chi connectivity index (χ2n) is 8.23. The van der Waals surface area contributed by atoms with E-state index in [-0.39, 0.29) is 17.8 Å². The Balaban J connectivity index is 1.77. The van der Waals surface area contributed by atoms with E-state index in [2.05, 4.69) is 36.4 Å². The van der Waals surface area contributed by atoms with Crippen molar-refractivity contribution in [2.75, 3.05) is 0 Å². The molecule has 0 radical (unpaired) electrons. The maximum absolute atomic E-state index is 13.0. The van der Waals surface area contributed by atoms with Gasteiger partial charge >= 0.3 is 5.97 Å². The molecule has 0 saturated heterocycles. The van der Waals surface area contributed by atoms with Crippen molar-refractivity contribution in [3.8, 4) is 0 Å². The smallest absolute Gasteiger partial charge is 0.332 e. The zero-order chi connectivity index (χ0) is 18.3. The van der Waals surface area contributed by atoms with Crippen LogP contribution in [-0.4, -0.2) is 23.3 Å². The molecule has 2 aliphatic rings. The van der Waals surface area contributed by atoms with E-state index in [0.29, 0.717) is 0 Å². The van der Waals surface area contributed by atoms with Gasteiger partial charge in [0.15, 0.2) is 6.04 Å². The maximum Gasteiger partial charge on any atom is 0.332 e. The van der Waals surface area contributed by atoms with Gasteiger partial charge in [-0.05, 0) is 50.3 Å². The first-order chi connectivity index (χ1) is 12.4. The molecule has 0 spiro atoms. The fourth-order valence-corrected chi connectivity index (χ4v) is 4.25. The maximum atomic E-state index is 13.0. The van der Waals surface area contributed by atoms with Gasteiger partial charge in [-0.3, -0.25) is 4.99 Å². The number of aliphatic imine (C=N–C) groups is 1. The largest absolute Gasteiger partial charge is 0.458 e. The second-order valence-corrected chi connectivity index (χ2v) is 8.23. The van der Waals surface area contributed by atoms with Gasteiger partial charge in [0.25, 0.3) is 0 Å². The number of benzene rings is 2. The SMILES string of the molecule is CC(C)(C)OC(=O)[C@@H]1N=C2c3ccccc3CC[C@@H]2[C@H]1c1ccccc1. The molecule has 0 aromatic heterocycles. The van der Waals surface area contributed by atoms with Gasteiger partial charge in [-0.15, -0.1) is 0 Å². The van der Waals surface area contributed by atoms with Crippen LogP contribution in [-0.2, 0) is 16.0 Å². The van der Waals surface area contributed by atoms with Crippen molar-refractivity contribution < 1.29 is 9.53 Å². The Hall–Kier alpha value is -2.42. The minimum Gasteiger partial charge on any atom is -0.458 e.